The van der Waals surface area contributed by atoms with E-state index in [0.717, 1.165) is 35.5 Å². The molecule has 3 aromatic rings. The van der Waals surface area contributed by atoms with Crippen molar-refractivity contribution in [2.45, 2.75) is 32.4 Å². The van der Waals surface area contributed by atoms with Gasteiger partial charge in [0.2, 0.25) is 5.91 Å². The van der Waals surface area contributed by atoms with Gasteiger partial charge < -0.3 is 10.6 Å². The van der Waals surface area contributed by atoms with Crippen molar-refractivity contribution in [2.75, 3.05) is 11.9 Å². The maximum Gasteiger partial charge on any atom is 0.239 e. The zero-order valence-electron chi connectivity index (χ0n) is 15.2. The van der Waals surface area contributed by atoms with Crippen LogP contribution in [0.25, 0.3) is 11.4 Å². The number of hydrogen-bond acceptors (Lipinski definition) is 5. The minimum absolute atomic E-state index is 0.0417. The molecule has 2 aromatic carbocycles. The molecular formula is C20H22N6O. The summed E-state index contributed by atoms with van der Waals surface area (Å²) >= 11 is 0. The van der Waals surface area contributed by atoms with Crippen molar-refractivity contribution in [1.29, 1.82) is 0 Å². The number of nitrogens with one attached hydrogen (secondary N) is 2. The summed E-state index contributed by atoms with van der Waals surface area (Å²) in [5, 5.41) is 18.1. The number of tetrazole rings is 1. The van der Waals surface area contributed by atoms with Crippen molar-refractivity contribution in [2.24, 2.45) is 0 Å². The highest BCUT2D eigenvalue weighted by molar-refractivity contribution is 5.80. The van der Waals surface area contributed by atoms with Crippen molar-refractivity contribution in [3.63, 3.8) is 0 Å². The quantitative estimate of drug-likeness (QED) is 0.675. The molecule has 1 fully saturated rings. The Morgan fingerprint density at radius 2 is 1.93 bits per heavy atom. The van der Waals surface area contributed by atoms with Crippen molar-refractivity contribution in [3.8, 4) is 11.4 Å². The maximum atomic E-state index is 12.1. The second-order valence-corrected chi connectivity index (χ2v) is 6.81. The summed E-state index contributed by atoms with van der Waals surface area (Å²) in [6.45, 7) is 2.81. The van der Waals surface area contributed by atoms with E-state index < -0.39 is 0 Å². The number of anilines is 1. The lowest BCUT2D eigenvalue weighted by Gasteiger charge is -2.10. The average Bonchev–Trinajstić information content (AvgIpc) is 3.42. The molecule has 1 aliphatic carbocycles. The molecule has 0 spiro atoms. The van der Waals surface area contributed by atoms with Gasteiger partial charge in [0.05, 0.1) is 12.6 Å². The van der Waals surface area contributed by atoms with Gasteiger partial charge in [-0.05, 0) is 65.6 Å². The van der Waals surface area contributed by atoms with Crippen LogP contribution in [-0.4, -0.2) is 32.7 Å². The Kier molecular flexibility index (Phi) is 4.82. The van der Waals surface area contributed by atoms with Crippen molar-refractivity contribution >= 4 is 11.6 Å². The first-order chi connectivity index (χ1) is 13.2. The lowest BCUT2D eigenvalue weighted by atomic mass is 10.1. The topological polar surface area (TPSA) is 84.7 Å². The highest BCUT2D eigenvalue weighted by Gasteiger charge is 2.28. The molecule has 1 amide bonds. The van der Waals surface area contributed by atoms with Crippen LogP contribution in [0.3, 0.4) is 0 Å². The summed E-state index contributed by atoms with van der Waals surface area (Å²) in [6.07, 6.45) is 2.27. The van der Waals surface area contributed by atoms with E-state index in [0.29, 0.717) is 12.6 Å². The highest BCUT2D eigenvalue weighted by atomic mass is 16.1. The second kappa shape index (κ2) is 7.57. The molecule has 0 atom stereocenters. The third-order valence-electron chi connectivity index (χ3n) is 4.72. The summed E-state index contributed by atoms with van der Waals surface area (Å²) in [4.78, 5) is 12.1. The summed E-state index contributed by atoms with van der Waals surface area (Å²) in [5.74, 6) is 0.750. The molecule has 27 heavy (non-hydrogen) atoms. The minimum atomic E-state index is -0.0417. The first-order valence-electron chi connectivity index (χ1n) is 9.14. The molecule has 0 bridgehead atoms. The SMILES string of the molecule is Cc1ccccc1CNC(=O)CNc1ccc(-c2nnnn2C2CC2)cc1. The van der Waals surface area contributed by atoms with Crippen LogP contribution in [0.2, 0.25) is 0 Å². The molecule has 1 aliphatic rings. The van der Waals surface area contributed by atoms with Crippen LogP contribution >= 0.6 is 0 Å². The number of aromatic nitrogens is 4. The normalized spacial score (nSPS) is 13.4. The lowest BCUT2D eigenvalue weighted by Crippen LogP contribution is -2.29. The Bertz CT molecular complexity index is 930. The fourth-order valence-electron chi connectivity index (χ4n) is 2.93. The zero-order chi connectivity index (χ0) is 18.6. The lowest BCUT2D eigenvalue weighted by molar-refractivity contribution is -0.119. The number of amides is 1. The minimum Gasteiger partial charge on any atom is -0.376 e. The van der Waals surface area contributed by atoms with E-state index >= 15 is 0 Å². The van der Waals surface area contributed by atoms with Crippen LogP contribution in [0.4, 0.5) is 5.69 Å². The van der Waals surface area contributed by atoms with Crippen LogP contribution in [-0.2, 0) is 11.3 Å². The third kappa shape index (κ3) is 4.13. The highest BCUT2D eigenvalue weighted by Crippen LogP contribution is 2.36. The van der Waals surface area contributed by atoms with Gasteiger partial charge in [-0.15, -0.1) is 5.10 Å². The molecule has 0 saturated heterocycles. The molecule has 1 heterocycles. The molecule has 7 heteroatoms. The largest absolute Gasteiger partial charge is 0.376 e. The van der Waals surface area contributed by atoms with Crippen molar-refractivity contribution in [1.82, 2.24) is 25.5 Å². The predicted molar refractivity (Wildman–Crippen MR) is 103 cm³/mol. The molecule has 2 N–H and O–H groups in total. The number of hydrogen-bond donors (Lipinski definition) is 2. The average molecular weight is 362 g/mol. The molecule has 138 valence electrons. The van der Waals surface area contributed by atoms with Gasteiger partial charge in [0.1, 0.15) is 0 Å². The van der Waals surface area contributed by atoms with E-state index in [2.05, 4.69) is 26.2 Å². The van der Waals surface area contributed by atoms with E-state index in [-0.39, 0.29) is 12.5 Å². The van der Waals surface area contributed by atoms with Crippen LogP contribution < -0.4 is 10.6 Å². The number of nitrogens with zero attached hydrogens (tertiary/aromatic N) is 4. The van der Waals surface area contributed by atoms with Crippen molar-refractivity contribution < 1.29 is 4.79 Å². The first-order valence-corrected chi connectivity index (χ1v) is 9.14. The van der Waals surface area contributed by atoms with Gasteiger partial charge in [-0.2, -0.15) is 0 Å². The number of carbonyl (C=O) groups is 1. The molecule has 4 rings (SSSR count). The molecule has 1 aromatic heterocycles. The fourth-order valence-corrected chi connectivity index (χ4v) is 2.93. The van der Waals surface area contributed by atoms with Crippen LogP contribution in [0, 0.1) is 6.92 Å². The molecule has 7 nitrogen and oxygen atoms in total. The molecule has 1 saturated carbocycles. The van der Waals surface area contributed by atoms with E-state index in [9.17, 15) is 4.79 Å². The molecule has 0 aliphatic heterocycles. The standard InChI is InChI=1S/C20H22N6O/c1-14-4-2-3-5-16(14)12-22-19(27)13-21-17-8-6-15(7-9-17)20-23-24-25-26(20)18-10-11-18/h2-9,18,21H,10-13H2,1H3,(H,22,27). The number of carbonyl (C=O) groups excluding carboxylic acids is 1. The van der Waals surface area contributed by atoms with Gasteiger partial charge >= 0.3 is 0 Å². The summed E-state index contributed by atoms with van der Waals surface area (Å²) in [7, 11) is 0. The Labute approximate surface area is 157 Å². The van der Waals surface area contributed by atoms with E-state index in [1.807, 2.05) is 60.1 Å². The number of rotatable bonds is 7. The van der Waals surface area contributed by atoms with Crippen LogP contribution in [0.15, 0.2) is 48.5 Å². The molecular weight excluding hydrogens is 340 g/mol. The van der Waals surface area contributed by atoms with Gasteiger partial charge in [-0.1, -0.05) is 24.3 Å². The summed E-state index contributed by atoms with van der Waals surface area (Å²) in [6, 6.07) is 16.3. The zero-order valence-corrected chi connectivity index (χ0v) is 15.2. The van der Waals surface area contributed by atoms with Gasteiger partial charge in [-0.25, -0.2) is 4.68 Å². The Morgan fingerprint density at radius 3 is 2.67 bits per heavy atom. The van der Waals surface area contributed by atoms with Crippen LogP contribution in [0.1, 0.15) is 30.0 Å². The van der Waals surface area contributed by atoms with E-state index in [4.69, 9.17) is 0 Å². The van der Waals surface area contributed by atoms with Gasteiger partial charge in [-0.3, -0.25) is 4.79 Å². The number of aryl methyl sites for hydroxylation is 1. The fraction of sp³-hybridized carbons (Fsp3) is 0.300. The second-order valence-electron chi connectivity index (χ2n) is 6.81. The van der Waals surface area contributed by atoms with E-state index in [1.165, 1.54) is 5.56 Å². The summed E-state index contributed by atoms with van der Waals surface area (Å²) < 4.78 is 1.89. The predicted octanol–water partition coefficient (Wildman–Crippen LogP) is 2.71. The van der Waals surface area contributed by atoms with Crippen molar-refractivity contribution in [3.05, 3.63) is 59.7 Å². The first kappa shape index (κ1) is 17.2. The maximum absolute atomic E-state index is 12.1. The Hall–Kier alpha value is -3.22. The molecule has 0 radical (unpaired) electrons. The smallest absolute Gasteiger partial charge is 0.239 e. The molecule has 0 unspecified atom stereocenters. The Morgan fingerprint density at radius 1 is 1.15 bits per heavy atom. The van der Waals surface area contributed by atoms with Gasteiger partial charge in [0.15, 0.2) is 5.82 Å². The third-order valence-corrected chi connectivity index (χ3v) is 4.72. The monoisotopic (exact) mass is 362 g/mol. The Balaban J connectivity index is 1.30. The summed E-state index contributed by atoms with van der Waals surface area (Å²) in [5.41, 5.74) is 4.16. The van der Waals surface area contributed by atoms with Gasteiger partial charge in [0, 0.05) is 17.8 Å². The van der Waals surface area contributed by atoms with Gasteiger partial charge in [0.25, 0.3) is 0 Å². The van der Waals surface area contributed by atoms with Crippen LogP contribution in [0.5, 0.6) is 0 Å². The number of benzene rings is 2. The van der Waals surface area contributed by atoms with E-state index in [1.54, 1.807) is 0 Å².